The topological polar surface area (TPSA) is 112 Å². The first-order valence-corrected chi connectivity index (χ1v) is 9.67. The normalized spacial score (nSPS) is 10.6. The molecule has 0 atom stereocenters. The Morgan fingerprint density at radius 1 is 0.920 bits per heavy atom. The van der Waals surface area contributed by atoms with E-state index in [1.807, 2.05) is 30.3 Å². The van der Waals surface area contributed by atoms with Crippen LogP contribution in [0.25, 0.3) is 10.6 Å². The highest BCUT2D eigenvalue weighted by atomic mass is 33.1. The van der Waals surface area contributed by atoms with Gasteiger partial charge in [0.1, 0.15) is 5.01 Å². The lowest BCUT2D eigenvalue weighted by atomic mass is 10.2. The summed E-state index contributed by atoms with van der Waals surface area (Å²) in [6, 6.07) is 13.1. The van der Waals surface area contributed by atoms with Gasteiger partial charge in [-0.15, -0.1) is 10.2 Å². The number of nitro groups is 2. The maximum atomic E-state index is 11.1. The lowest BCUT2D eigenvalue weighted by molar-refractivity contribution is -0.396. The Bertz CT molecular complexity index is 933. The van der Waals surface area contributed by atoms with Crippen molar-refractivity contribution in [3.05, 3.63) is 68.8 Å². The Kier molecular flexibility index (Phi) is 5.26. The third-order valence-electron chi connectivity index (χ3n) is 2.98. The molecule has 2 aromatic carbocycles. The monoisotopic (exact) mass is 392 g/mol. The number of nitrogens with zero attached hydrogens (tertiary/aromatic N) is 4. The highest BCUT2D eigenvalue weighted by Gasteiger charge is 2.20. The lowest BCUT2D eigenvalue weighted by Gasteiger charge is -2.00. The number of nitro benzene ring substituents is 2. The highest BCUT2D eigenvalue weighted by molar-refractivity contribution is 8.77. The zero-order valence-corrected chi connectivity index (χ0v) is 14.7. The van der Waals surface area contributed by atoms with Crippen molar-refractivity contribution < 1.29 is 9.85 Å². The molecule has 0 aliphatic rings. The van der Waals surface area contributed by atoms with Gasteiger partial charge in [-0.2, -0.15) is 0 Å². The van der Waals surface area contributed by atoms with Gasteiger partial charge in [0.2, 0.25) is 0 Å². The maximum Gasteiger partial charge on any atom is 0.290 e. The zero-order chi connectivity index (χ0) is 17.8. The van der Waals surface area contributed by atoms with E-state index in [1.165, 1.54) is 34.3 Å². The third kappa shape index (κ3) is 4.13. The van der Waals surface area contributed by atoms with Gasteiger partial charge in [0.25, 0.3) is 11.4 Å². The van der Waals surface area contributed by atoms with E-state index < -0.39 is 9.85 Å². The van der Waals surface area contributed by atoms with Gasteiger partial charge in [-0.05, 0) is 27.7 Å². The molecule has 126 valence electrons. The molecule has 3 aromatic rings. The molecule has 0 bridgehead atoms. The molecule has 1 heterocycles. The minimum atomic E-state index is -0.661. The van der Waals surface area contributed by atoms with Crippen LogP contribution in [-0.4, -0.2) is 20.0 Å². The summed E-state index contributed by atoms with van der Waals surface area (Å²) in [6.45, 7) is 0. The summed E-state index contributed by atoms with van der Waals surface area (Å²) in [5.74, 6) is 0. The number of rotatable bonds is 6. The fourth-order valence-electron chi connectivity index (χ4n) is 1.85. The van der Waals surface area contributed by atoms with E-state index in [-0.39, 0.29) is 11.4 Å². The van der Waals surface area contributed by atoms with Crippen LogP contribution in [-0.2, 0) is 0 Å². The van der Waals surface area contributed by atoms with Gasteiger partial charge in [0.05, 0.1) is 20.8 Å². The van der Waals surface area contributed by atoms with E-state index in [1.54, 1.807) is 0 Å². The van der Waals surface area contributed by atoms with Gasteiger partial charge >= 0.3 is 0 Å². The van der Waals surface area contributed by atoms with Crippen molar-refractivity contribution in [1.82, 2.24) is 10.2 Å². The summed E-state index contributed by atoms with van der Waals surface area (Å²) >= 11 is 1.37. The van der Waals surface area contributed by atoms with Crippen molar-refractivity contribution in [2.24, 2.45) is 0 Å². The van der Waals surface area contributed by atoms with Crippen LogP contribution in [0.4, 0.5) is 11.4 Å². The maximum absolute atomic E-state index is 11.1. The van der Waals surface area contributed by atoms with Crippen LogP contribution < -0.4 is 0 Å². The first-order valence-electron chi connectivity index (χ1n) is 6.71. The average Bonchev–Trinajstić information content (AvgIpc) is 3.09. The Morgan fingerprint density at radius 2 is 1.68 bits per heavy atom. The molecule has 0 amide bonds. The van der Waals surface area contributed by atoms with Crippen molar-refractivity contribution in [3.63, 3.8) is 0 Å². The summed E-state index contributed by atoms with van der Waals surface area (Å²) in [6.07, 6.45) is 0. The molecule has 0 saturated carbocycles. The van der Waals surface area contributed by atoms with Gasteiger partial charge in [-0.25, -0.2) is 0 Å². The summed E-state index contributed by atoms with van der Waals surface area (Å²) in [7, 11) is 2.34. The number of aromatic nitrogens is 2. The van der Waals surface area contributed by atoms with Crippen LogP contribution in [0.3, 0.4) is 0 Å². The molecule has 11 heteroatoms. The molecule has 0 aliphatic heterocycles. The first-order chi connectivity index (χ1) is 12.0. The van der Waals surface area contributed by atoms with Crippen molar-refractivity contribution in [3.8, 4) is 10.6 Å². The number of benzene rings is 2. The summed E-state index contributed by atoms with van der Waals surface area (Å²) in [4.78, 5) is 20.9. The van der Waals surface area contributed by atoms with Crippen LogP contribution in [0.2, 0.25) is 0 Å². The van der Waals surface area contributed by atoms with Crippen molar-refractivity contribution in [2.45, 2.75) is 9.24 Å². The van der Waals surface area contributed by atoms with Gasteiger partial charge < -0.3 is 0 Å². The van der Waals surface area contributed by atoms with E-state index in [0.717, 1.165) is 27.4 Å². The van der Waals surface area contributed by atoms with Crippen LogP contribution in [0.15, 0.2) is 57.8 Å². The molecule has 0 aliphatic carbocycles. The second kappa shape index (κ2) is 7.59. The van der Waals surface area contributed by atoms with Gasteiger partial charge in [-0.1, -0.05) is 41.7 Å². The Hall–Kier alpha value is -2.50. The number of non-ortho nitro benzene ring substituents is 1. The molecule has 0 N–H and O–H groups in total. The fourth-order valence-corrected chi connectivity index (χ4v) is 5.01. The Morgan fingerprint density at radius 3 is 2.36 bits per heavy atom. The minimum Gasteiger partial charge on any atom is -0.258 e. The molecule has 0 fully saturated rings. The van der Waals surface area contributed by atoms with Crippen LogP contribution in [0.5, 0.6) is 0 Å². The van der Waals surface area contributed by atoms with Crippen LogP contribution in [0, 0.1) is 20.2 Å². The van der Waals surface area contributed by atoms with E-state index in [0.29, 0.717) is 9.24 Å². The molecule has 0 saturated heterocycles. The van der Waals surface area contributed by atoms with Crippen molar-refractivity contribution in [2.75, 3.05) is 0 Å². The molecule has 3 rings (SSSR count). The highest BCUT2D eigenvalue weighted by Crippen LogP contribution is 2.44. The summed E-state index contributed by atoms with van der Waals surface area (Å²) in [5.41, 5.74) is 0.320. The van der Waals surface area contributed by atoms with Gasteiger partial charge in [0, 0.05) is 11.6 Å². The van der Waals surface area contributed by atoms with Crippen molar-refractivity contribution >= 4 is 44.3 Å². The smallest absolute Gasteiger partial charge is 0.258 e. The van der Waals surface area contributed by atoms with Crippen LogP contribution >= 0.6 is 32.9 Å². The summed E-state index contributed by atoms with van der Waals surface area (Å²) < 4.78 is 0.636. The van der Waals surface area contributed by atoms with E-state index >= 15 is 0 Å². The minimum absolute atomic E-state index is 0.306. The predicted molar refractivity (Wildman–Crippen MR) is 96.8 cm³/mol. The van der Waals surface area contributed by atoms with Crippen molar-refractivity contribution in [1.29, 1.82) is 0 Å². The molecule has 0 radical (unpaired) electrons. The molecule has 25 heavy (non-hydrogen) atoms. The Balaban J connectivity index is 1.77. The fraction of sp³-hybridized carbons (Fsp3) is 0. The second-order valence-corrected chi connectivity index (χ2v) is 7.97. The Labute approximate surface area is 153 Å². The van der Waals surface area contributed by atoms with E-state index in [4.69, 9.17) is 0 Å². The predicted octanol–water partition coefficient (Wildman–Crippen LogP) is 4.82. The molecule has 0 unspecified atom stereocenters. The SMILES string of the molecule is O=[N+]([O-])c1ccc(SSc2nnc(-c3ccccc3)s2)c([N+](=O)[O-])c1. The van der Waals surface area contributed by atoms with E-state index in [2.05, 4.69) is 10.2 Å². The lowest BCUT2D eigenvalue weighted by Crippen LogP contribution is -1.93. The molecule has 0 spiro atoms. The molecule has 1 aromatic heterocycles. The second-order valence-electron chi connectivity index (χ2n) is 4.57. The first kappa shape index (κ1) is 17.3. The average molecular weight is 392 g/mol. The zero-order valence-electron chi connectivity index (χ0n) is 12.3. The summed E-state index contributed by atoms with van der Waals surface area (Å²) in [5, 5.41) is 30.8. The third-order valence-corrected chi connectivity index (χ3v) is 6.66. The standard InChI is InChI=1S/C14H8N4O4S3/c19-17(20)10-6-7-12(11(8-10)18(21)22)24-25-14-16-15-13(23-14)9-4-2-1-3-5-9/h1-8H. The number of hydrogen-bond acceptors (Lipinski definition) is 9. The molecular formula is C14H8N4O4S3. The quantitative estimate of drug-likeness (QED) is 0.333. The van der Waals surface area contributed by atoms with Gasteiger partial charge in [-0.3, -0.25) is 20.2 Å². The van der Waals surface area contributed by atoms with Gasteiger partial charge in [0.15, 0.2) is 4.34 Å². The molecular weight excluding hydrogens is 384 g/mol. The largest absolute Gasteiger partial charge is 0.290 e. The van der Waals surface area contributed by atoms with Crippen LogP contribution in [0.1, 0.15) is 0 Å². The molecule has 8 nitrogen and oxygen atoms in total. The van der Waals surface area contributed by atoms with E-state index in [9.17, 15) is 20.2 Å². The number of hydrogen-bond donors (Lipinski definition) is 0.